The van der Waals surface area contributed by atoms with Crippen LogP contribution in [0.2, 0.25) is 0 Å². The van der Waals surface area contributed by atoms with Gasteiger partial charge in [-0.15, -0.1) is 0 Å². The van der Waals surface area contributed by atoms with Crippen molar-refractivity contribution in [3.05, 3.63) is 0 Å². The van der Waals surface area contributed by atoms with Crippen LogP contribution in [-0.4, -0.2) is 134 Å². The standard InChI is InChI=1S/C21H32O11/c1(12-2-23-12)22-11-17-18(28-7-13-3-24-13)19(29-8-14-4-25-14)20(30-9-15-5-26-15)21(32-17)31-10-16-6-27-16/h12-21H,1-11H2/t12?,13?,14?,15?,16?,17-,18+,19+,20-,21-/m1/s1. The van der Waals surface area contributed by atoms with Gasteiger partial charge in [-0.2, -0.15) is 0 Å². The molecule has 0 N–H and O–H groups in total. The van der Waals surface area contributed by atoms with Crippen LogP contribution in [0.4, 0.5) is 0 Å². The highest BCUT2D eigenvalue weighted by Gasteiger charge is 2.51. The van der Waals surface area contributed by atoms with E-state index in [0.717, 1.165) is 6.61 Å². The Morgan fingerprint density at radius 2 is 0.906 bits per heavy atom. The van der Waals surface area contributed by atoms with Gasteiger partial charge in [-0.05, 0) is 0 Å². The van der Waals surface area contributed by atoms with Gasteiger partial charge in [0.15, 0.2) is 6.29 Å². The molecule has 0 aliphatic carbocycles. The van der Waals surface area contributed by atoms with Gasteiger partial charge in [-0.25, -0.2) is 0 Å². The number of hydrogen-bond donors (Lipinski definition) is 0. The molecule has 32 heavy (non-hydrogen) atoms. The lowest BCUT2D eigenvalue weighted by atomic mass is 9.98. The minimum atomic E-state index is -0.633. The van der Waals surface area contributed by atoms with Crippen molar-refractivity contribution < 1.29 is 52.1 Å². The van der Waals surface area contributed by atoms with Crippen molar-refractivity contribution in [1.82, 2.24) is 0 Å². The van der Waals surface area contributed by atoms with Gasteiger partial charge >= 0.3 is 0 Å². The summed E-state index contributed by atoms with van der Waals surface area (Å²) in [6, 6.07) is 0. The quantitative estimate of drug-likeness (QED) is 0.261. The first-order valence-electron chi connectivity index (χ1n) is 11.6. The summed E-state index contributed by atoms with van der Waals surface area (Å²) in [6.07, 6.45) is -1.72. The molecule has 6 aliphatic rings. The second-order valence-corrected chi connectivity index (χ2v) is 9.08. The summed E-state index contributed by atoms with van der Waals surface area (Å²) in [5.74, 6) is 0. The van der Waals surface area contributed by atoms with Gasteiger partial charge in [-0.1, -0.05) is 0 Å². The van der Waals surface area contributed by atoms with E-state index in [2.05, 4.69) is 0 Å². The Labute approximate surface area is 186 Å². The molecule has 0 aromatic carbocycles. The molecule has 182 valence electrons. The topological polar surface area (TPSA) is 118 Å². The zero-order valence-electron chi connectivity index (χ0n) is 18.0. The first-order chi connectivity index (χ1) is 15.8. The van der Waals surface area contributed by atoms with Gasteiger partial charge in [0.05, 0.1) is 72.7 Å². The van der Waals surface area contributed by atoms with Crippen molar-refractivity contribution in [2.24, 2.45) is 0 Å². The SMILES string of the molecule is C(OC[C@H]1O[C@@H](OCC2CO2)[C@H](OCC2CO2)[C@@H](OCC2CO2)[C@H]1OCC1CO1)C1CO1. The van der Waals surface area contributed by atoms with Crippen LogP contribution in [0.15, 0.2) is 0 Å². The van der Waals surface area contributed by atoms with Crippen LogP contribution in [0.3, 0.4) is 0 Å². The van der Waals surface area contributed by atoms with Crippen LogP contribution >= 0.6 is 0 Å². The van der Waals surface area contributed by atoms with E-state index in [1.54, 1.807) is 0 Å². The van der Waals surface area contributed by atoms with E-state index in [-0.39, 0.29) is 36.6 Å². The third-order valence-electron chi connectivity index (χ3n) is 6.06. The average Bonchev–Trinajstić information content (AvgIpc) is 3.62. The number of rotatable bonds is 16. The van der Waals surface area contributed by atoms with Gasteiger partial charge in [0, 0.05) is 0 Å². The Hall–Kier alpha value is -0.440. The molecule has 5 unspecified atom stereocenters. The van der Waals surface area contributed by atoms with Crippen molar-refractivity contribution in [2.45, 2.75) is 61.2 Å². The summed E-state index contributed by atoms with van der Waals surface area (Å²) in [5, 5.41) is 0. The average molecular weight is 460 g/mol. The summed E-state index contributed by atoms with van der Waals surface area (Å²) in [7, 11) is 0. The Kier molecular flexibility index (Phi) is 6.92. The minimum Gasteiger partial charge on any atom is -0.376 e. The fraction of sp³-hybridized carbons (Fsp3) is 1.00. The van der Waals surface area contributed by atoms with E-state index in [9.17, 15) is 0 Å². The Morgan fingerprint density at radius 1 is 0.469 bits per heavy atom. The largest absolute Gasteiger partial charge is 0.376 e. The minimum absolute atomic E-state index is 0.105. The van der Waals surface area contributed by atoms with E-state index >= 15 is 0 Å². The molecule has 0 amide bonds. The van der Waals surface area contributed by atoms with Gasteiger partial charge < -0.3 is 52.1 Å². The number of ether oxygens (including phenoxy) is 11. The van der Waals surface area contributed by atoms with Gasteiger partial charge in [0.25, 0.3) is 0 Å². The lowest BCUT2D eigenvalue weighted by molar-refractivity contribution is -0.324. The van der Waals surface area contributed by atoms with Gasteiger partial charge in [-0.3, -0.25) is 0 Å². The molecule has 10 atom stereocenters. The maximum absolute atomic E-state index is 6.36. The first-order valence-corrected chi connectivity index (χ1v) is 11.6. The molecule has 6 saturated heterocycles. The van der Waals surface area contributed by atoms with Crippen LogP contribution in [-0.2, 0) is 52.1 Å². The summed E-state index contributed by atoms with van der Waals surface area (Å²) in [5.41, 5.74) is 0. The van der Waals surface area contributed by atoms with Crippen molar-refractivity contribution >= 4 is 0 Å². The summed E-state index contributed by atoms with van der Waals surface area (Å²) in [6.45, 7) is 6.25. The third kappa shape index (κ3) is 6.57. The zero-order chi connectivity index (χ0) is 21.3. The van der Waals surface area contributed by atoms with Gasteiger partial charge in [0.2, 0.25) is 0 Å². The van der Waals surface area contributed by atoms with E-state index in [0.29, 0.717) is 66.1 Å². The maximum Gasteiger partial charge on any atom is 0.187 e. The highest BCUT2D eigenvalue weighted by atomic mass is 16.7. The van der Waals surface area contributed by atoms with E-state index < -0.39 is 24.6 Å². The summed E-state index contributed by atoms with van der Waals surface area (Å²) >= 11 is 0. The third-order valence-corrected chi connectivity index (χ3v) is 6.06. The predicted octanol–water partition coefficient (Wildman–Crippen LogP) is -1.11. The van der Waals surface area contributed by atoms with Crippen molar-refractivity contribution in [3.8, 4) is 0 Å². The van der Waals surface area contributed by atoms with Crippen LogP contribution in [0.25, 0.3) is 0 Å². The van der Waals surface area contributed by atoms with E-state index in [4.69, 9.17) is 52.1 Å². The molecular formula is C21H32O11. The summed E-state index contributed by atoms with van der Waals surface area (Å²) in [4.78, 5) is 0. The number of epoxide rings is 5. The molecule has 0 aromatic heterocycles. The highest BCUT2D eigenvalue weighted by molar-refractivity contribution is 4.95. The molecule has 0 bridgehead atoms. The van der Waals surface area contributed by atoms with Crippen LogP contribution in [0.5, 0.6) is 0 Å². The second kappa shape index (κ2) is 10.0. The first kappa shape index (κ1) is 22.1. The van der Waals surface area contributed by atoms with Crippen molar-refractivity contribution in [1.29, 1.82) is 0 Å². The molecule has 6 fully saturated rings. The normalized spacial score (nSPS) is 46.1. The van der Waals surface area contributed by atoms with Crippen LogP contribution in [0.1, 0.15) is 0 Å². The second-order valence-electron chi connectivity index (χ2n) is 9.08. The van der Waals surface area contributed by atoms with E-state index in [1.165, 1.54) is 0 Å². The molecule has 11 heteroatoms. The Bertz CT molecular complexity index is 603. The smallest absolute Gasteiger partial charge is 0.187 e. The van der Waals surface area contributed by atoms with Crippen LogP contribution in [0, 0.1) is 0 Å². The van der Waals surface area contributed by atoms with Crippen molar-refractivity contribution in [3.63, 3.8) is 0 Å². The molecular weight excluding hydrogens is 428 g/mol. The fourth-order valence-electron chi connectivity index (χ4n) is 3.71. The zero-order valence-corrected chi connectivity index (χ0v) is 18.0. The van der Waals surface area contributed by atoms with E-state index in [1.807, 2.05) is 0 Å². The molecule has 0 spiro atoms. The Morgan fingerprint density at radius 3 is 1.44 bits per heavy atom. The summed E-state index contributed by atoms with van der Waals surface area (Å²) < 4.78 is 63.8. The lowest BCUT2D eigenvalue weighted by Crippen LogP contribution is -2.62. The molecule has 0 radical (unpaired) electrons. The molecule has 6 aliphatic heterocycles. The molecule has 6 heterocycles. The van der Waals surface area contributed by atoms with Gasteiger partial charge in [0.1, 0.15) is 54.9 Å². The molecule has 0 saturated carbocycles. The van der Waals surface area contributed by atoms with Crippen molar-refractivity contribution in [2.75, 3.05) is 72.7 Å². The lowest BCUT2D eigenvalue weighted by Gasteiger charge is -2.45. The molecule has 0 aromatic rings. The van der Waals surface area contributed by atoms with Crippen LogP contribution < -0.4 is 0 Å². The fourth-order valence-corrected chi connectivity index (χ4v) is 3.71. The number of hydrogen-bond acceptors (Lipinski definition) is 11. The molecule has 6 rings (SSSR count). The monoisotopic (exact) mass is 460 g/mol. The maximum atomic E-state index is 6.36. The highest BCUT2D eigenvalue weighted by Crippen LogP contribution is 2.32. The molecule has 11 nitrogen and oxygen atoms in total. The Balaban J connectivity index is 1.16. The predicted molar refractivity (Wildman–Crippen MR) is 103 cm³/mol.